The fraction of sp³-hybridized carbons (Fsp3) is 0.414. The zero-order chi connectivity index (χ0) is 24.9. The topological polar surface area (TPSA) is 72.0 Å². The van der Waals surface area contributed by atoms with E-state index in [-0.39, 0.29) is 11.7 Å². The zero-order valence-corrected chi connectivity index (χ0v) is 20.9. The number of benzene rings is 2. The molecule has 3 aliphatic rings. The molecule has 2 aromatic carbocycles. The van der Waals surface area contributed by atoms with E-state index in [1.807, 2.05) is 29.2 Å². The second-order valence-electron chi connectivity index (χ2n) is 10.1. The van der Waals surface area contributed by atoms with Gasteiger partial charge in [0.1, 0.15) is 17.1 Å². The normalized spacial score (nSPS) is 19.1. The van der Waals surface area contributed by atoms with E-state index >= 15 is 0 Å². The van der Waals surface area contributed by atoms with Gasteiger partial charge in [-0.3, -0.25) is 19.5 Å². The minimum atomic E-state index is -0.577. The molecule has 1 amide bonds. The summed E-state index contributed by atoms with van der Waals surface area (Å²) in [5, 5.41) is 0.921. The van der Waals surface area contributed by atoms with Crippen LogP contribution in [0.4, 0.5) is 0 Å². The maximum atomic E-state index is 14.1. The van der Waals surface area contributed by atoms with Crippen LogP contribution < -0.4 is 9.47 Å². The number of pyridine rings is 1. The van der Waals surface area contributed by atoms with E-state index in [2.05, 4.69) is 11.8 Å². The molecule has 3 aliphatic heterocycles. The SMILES string of the molecule is CCN1CCc2nc3ccccc3c(C(=O)N3CCC4(CC3)CC(=O)c3ccc(OC)cc3O4)c2C1. The molecule has 6 rings (SSSR count). The summed E-state index contributed by atoms with van der Waals surface area (Å²) < 4.78 is 11.8. The van der Waals surface area contributed by atoms with Crippen LogP contribution >= 0.6 is 0 Å². The third-order valence-corrected chi connectivity index (χ3v) is 8.05. The fourth-order valence-corrected chi connectivity index (χ4v) is 5.92. The van der Waals surface area contributed by atoms with Gasteiger partial charge < -0.3 is 14.4 Å². The molecule has 0 aliphatic carbocycles. The van der Waals surface area contributed by atoms with E-state index in [9.17, 15) is 9.59 Å². The van der Waals surface area contributed by atoms with Gasteiger partial charge in [0, 0.05) is 68.2 Å². The van der Waals surface area contributed by atoms with Crippen LogP contribution in [-0.4, -0.2) is 65.4 Å². The Hall–Kier alpha value is -3.45. The Morgan fingerprint density at radius 1 is 1.14 bits per heavy atom. The second-order valence-corrected chi connectivity index (χ2v) is 10.1. The van der Waals surface area contributed by atoms with Crippen LogP contribution in [0.3, 0.4) is 0 Å². The lowest BCUT2D eigenvalue weighted by atomic mass is 9.82. The molecule has 0 atom stereocenters. The number of hydrogen-bond donors (Lipinski definition) is 0. The number of ether oxygens (including phenoxy) is 2. The lowest BCUT2D eigenvalue weighted by Crippen LogP contribution is -2.52. The molecule has 0 bridgehead atoms. The van der Waals surface area contributed by atoms with Crippen molar-refractivity contribution in [1.29, 1.82) is 0 Å². The van der Waals surface area contributed by atoms with Gasteiger partial charge >= 0.3 is 0 Å². The summed E-state index contributed by atoms with van der Waals surface area (Å²) in [6, 6.07) is 13.3. The zero-order valence-electron chi connectivity index (χ0n) is 20.9. The summed E-state index contributed by atoms with van der Waals surface area (Å²) in [7, 11) is 1.60. The third kappa shape index (κ3) is 3.82. The van der Waals surface area contributed by atoms with Gasteiger partial charge in [0.15, 0.2) is 5.78 Å². The molecule has 3 aromatic rings. The maximum absolute atomic E-state index is 14.1. The highest BCUT2D eigenvalue weighted by molar-refractivity contribution is 6.08. The van der Waals surface area contributed by atoms with Crippen molar-refractivity contribution in [2.24, 2.45) is 0 Å². The Bertz CT molecular complexity index is 1360. The molecule has 186 valence electrons. The van der Waals surface area contributed by atoms with Crippen LogP contribution in [0.5, 0.6) is 11.5 Å². The summed E-state index contributed by atoms with van der Waals surface area (Å²) in [6.07, 6.45) is 2.43. The van der Waals surface area contributed by atoms with E-state index in [4.69, 9.17) is 14.5 Å². The molecule has 36 heavy (non-hydrogen) atoms. The van der Waals surface area contributed by atoms with Crippen LogP contribution in [0.15, 0.2) is 42.5 Å². The first-order valence-electron chi connectivity index (χ1n) is 12.8. The van der Waals surface area contributed by atoms with Gasteiger partial charge in [-0.05, 0) is 24.7 Å². The molecule has 1 spiro atoms. The van der Waals surface area contributed by atoms with Crippen LogP contribution in [0, 0.1) is 0 Å². The predicted molar refractivity (Wildman–Crippen MR) is 137 cm³/mol. The molecule has 0 unspecified atom stereocenters. The lowest BCUT2D eigenvalue weighted by Gasteiger charge is -2.44. The Kier molecular flexibility index (Phi) is 5.67. The number of nitrogens with zero attached hydrogens (tertiary/aromatic N) is 3. The number of likely N-dealkylation sites (N-methyl/N-ethyl adjacent to an activating group) is 1. The van der Waals surface area contributed by atoms with Crippen LogP contribution in [0.25, 0.3) is 10.9 Å². The maximum Gasteiger partial charge on any atom is 0.254 e. The van der Waals surface area contributed by atoms with Crippen molar-refractivity contribution in [1.82, 2.24) is 14.8 Å². The molecular weight excluding hydrogens is 454 g/mol. The number of rotatable bonds is 3. The second kappa shape index (κ2) is 8.89. The molecule has 4 heterocycles. The quantitative estimate of drug-likeness (QED) is 0.552. The summed E-state index contributed by atoms with van der Waals surface area (Å²) in [6.45, 7) is 5.92. The van der Waals surface area contributed by atoms with E-state index in [0.717, 1.165) is 53.8 Å². The predicted octanol–water partition coefficient (Wildman–Crippen LogP) is 4.26. The average molecular weight is 486 g/mol. The van der Waals surface area contributed by atoms with Crippen molar-refractivity contribution < 1.29 is 19.1 Å². The lowest BCUT2D eigenvalue weighted by molar-refractivity contribution is -0.00581. The van der Waals surface area contributed by atoms with Gasteiger partial charge in [0.2, 0.25) is 0 Å². The van der Waals surface area contributed by atoms with Gasteiger partial charge in [0.05, 0.1) is 30.2 Å². The van der Waals surface area contributed by atoms with E-state index in [1.54, 1.807) is 25.3 Å². The van der Waals surface area contributed by atoms with Gasteiger partial charge in [-0.15, -0.1) is 0 Å². The van der Waals surface area contributed by atoms with E-state index in [1.165, 1.54) is 0 Å². The number of piperidine rings is 1. The molecule has 1 saturated heterocycles. The number of methoxy groups -OCH3 is 1. The van der Waals surface area contributed by atoms with Crippen molar-refractivity contribution in [2.75, 3.05) is 33.3 Å². The third-order valence-electron chi connectivity index (χ3n) is 8.05. The van der Waals surface area contributed by atoms with Crippen molar-refractivity contribution in [3.8, 4) is 11.5 Å². The first-order chi connectivity index (χ1) is 17.5. The number of Topliss-reactive ketones (excluding diaryl/α,β-unsaturated/α-hetero) is 1. The van der Waals surface area contributed by atoms with Gasteiger partial charge in [0.25, 0.3) is 5.91 Å². The number of likely N-dealkylation sites (tertiary alicyclic amines) is 1. The molecule has 0 radical (unpaired) electrons. The highest BCUT2D eigenvalue weighted by atomic mass is 16.5. The minimum absolute atomic E-state index is 0.0573. The van der Waals surface area contributed by atoms with E-state index < -0.39 is 5.60 Å². The highest BCUT2D eigenvalue weighted by Gasteiger charge is 2.44. The number of carbonyl (C=O) groups is 2. The highest BCUT2D eigenvalue weighted by Crippen LogP contribution is 2.41. The fourth-order valence-electron chi connectivity index (χ4n) is 5.92. The first kappa shape index (κ1) is 23.0. The Balaban J connectivity index is 1.28. The Morgan fingerprint density at radius 3 is 2.72 bits per heavy atom. The number of aromatic nitrogens is 1. The molecule has 7 heteroatoms. The molecule has 0 saturated carbocycles. The van der Waals surface area contributed by atoms with Gasteiger partial charge in [-0.25, -0.2) is 0 Å². The number of ketones is 1. The summed E-state index contributed by atoms with van der Waals surface area (Å²) in [4.78, 5) is 36.2. The summed E-state index contributed by atoms with van der Waals surface area (Å²) >= 11 is 0. The molecule has 1 aromatic heterocycles. The summed E-state index contributed by atoms with van der Waals surface area (Å²) in [5.41, 5.74) is 3.81. The van der Waals surface area contributed by atoms with E-state index in [0.29, 0.717) is 49.4 Å². The molecule has 1 fully saturated rings. The van der Waals surface area contributed by atoms with Crippen LogP contribution in [0.2, 0.25) is 0 Å². The minimum Gasteiger partial charge on any atom is -0.497 e. The van der Waals surface area contributed by atoms with Crippen LogP contribution in [-0.2, 0) is 13.0 Å². The number of carbonyl (C=O) groups excluding carboxylic acids is 2. The molecule has 0 N–H and O–H groups in total. The van der Waals surface area contributed by atoms with Crippen molar-refractivity contribution >= 4 is 22.6 Å². The number of para-hydroxylation sites is 1. The first-order valence-corrected chi connectivity index (χ1v) is 12.8. The Labute approximate surface area is 211 Å². The number of fused-ring (bicyclic) bond motifs is 3. The van der Waals surface area contributed by atoms with Gasteiger partial charge in [-0.2, -0.15) is 0 Å². The van der Waals surface area contributed by atoms with Crippen LogP contribution in [0.1, 0.15) is 58.2 Å². The van der Waals surface area contributed by atoms with Gasteiger partial charge in [-0.1, -0.05) is 25.1 Å². The van der Waals surface area contributed by atoms with Crippen molar-refractivity contribution in [3.05, 3.63) is 64.8 Å². The Morgan fingerprint density at radius 2 is 1.94 bits per heavy atom. The smallest absolute Gasteiger partial charge is 0.254 e. The average Bonchev–Trinajstić information content (AvgIpc) is 2.91. The number of hydrogen-bond acceptors (Lipinski definition) is 6. The monoisotopic (exact) mass is 485 g/mol. The summed E-state index contributed by atoms with van der Waals surface area (Å²) in [5.74, 6) is 1.40. The number of amides is 1. The van der Waals surface area contributed by atoms with Crippen molar-refractivity contribution in [2.45, 2.75) is 44.8 Å². The standard InChI is InChI=1S/C29H31N3O4/c1-3-31-13-10-24-22(18-31)27(20-6-4-5-7-23(20)30-24)28(34)32-14-11-29(12-15-32)17-25(33)21-9-8-19(35-2)16-26(21)36-29/h4-9,16H,3,10-15,17-18H2,1-2H3. The molecule has 7 nitrogen and oxygen atoms in total. The largest absolute Gasteiger partial charge is 0.497 e. The van der Waals surface area contributed by atoms with Crippen molar-refractivity contribution in [3.63, 3.8) is 0 Å². The molecular formula is C29H31N3O4.